The molecule has 5 nitrogen and oxygen atoms in total. The number of hydrogen-bond acceptors (Lipinski definition) is 4. The average molecular weight is 298 g/mol. The van der Waals surface area contributed by atoms with E-state index in [2.05, 4.69) is 4.98 Å². The first-order valence-electron chi connectivity index (χ1n) is 5.37. The third-order valence-electron chi connectivity index (χ3n) is 2.27. The van der Waals surface area contributed by atoms with E-state index in [9.17, 15) is 18.4 Å². The molecular weight excluding hydrogens is 290 g/mol. The van der Waals surface area contributed by atoms with Crippen LogP contribution < -0.4 is 5.56 Å². The Hall–Kier alpha value is -2.22. The van der Waals surface area contributed by atoms with E-state index < -0.39 is 23.2 Å². The molecule has 20 heavy (non-hydrogen) atoms. The summed E-state index contributed by atoms with van der Waals surface area (Å²) in [7, 11) is 0. The van der Waals surface area contributed by atoms with Gasteiger partial charge >= 0.3 is 5.97 Å². The van der Waals surface area contributed by atoms with Crippen molar-refractivity contribution in [2.75, 3.05) is 5.75 Å². The standard InChI is InChI=1S/C12H8F2N2O3S/c13-7-1-2-9(8(14)5-7)16-4-3-10(17)15-12(16)20-6-11(18)19/h1-5H,6H2,(H,18,19). The molecule has 0 amide bonds. The predicted molar refractivity (Wildman–Crippen MR) is 68.1 cm³/mol. The molecule has 0 aliphatic rings. The number of carboxylic acid groups (broad SMARTS) is 1. The third kappa shape index (κ3) is 3.21. The van der Waals surface area contributed by atoms with Crippen LogP contribution in [0.4, 0.5) is 8.78 Å². The first-order valence-corrected chi connectivity index (χ1v) is 6.35. The predicted octanol–water partition coefficient (Wildman–Crippen LogP) is 1.69. The van der Waals surface area contributed by atoms with Crippen molar-refractivity contribution in [1.29, 1.82) is 0 Å². The monoisotopic (exact) mass is 298 g/mol. The van der Waals surface area contributed by atoms with Crippen LogP contribution in [-0.2, 0) is 4.79 Å². The summed E-state index contributed by atoms with van der Waals surface area (Å²) in [6.07, 6.45) is 1.26. The van der Waals surface area contributed by atoms with Gasteiger partial charge in [-0.1, -0.05) is 11.8 Å². The zero-order valence-electron chi connectivity index (χ0n) is 9.92. The zero-order valence-corrected chi connectivity index (χ0v) is 10.7. The van der Waals surface area contributed by atoms with Gasteiger partial charge in [0.15, 0.2) is 5.16 Å². The van der Waals surface area contributed by atoms with Crippen molar-refractivity contribution >= 4 is 17.7 Å². The largest absolute Gasteiger partial charge is 0.481 e. The number of carbonyl (C=O) groups is 1. The van der Waals surface area contributed by atoms with Crippen LogP contribution in [0.25, 0.3) is 5.69 Å². The minimum atomic E-state index is -1.10. The zero-order chi connectivity index (χ0) is 14.7. The number of benzene rings is 1. The summed E-state index contributed by atoms with van der Waals surface area (Å²) in [5.41, 5.74) is -0.594. The number of thioether (sulfide) groups is 1. The normalized spacial score (nSPS) is 10.5. The molecule has 0 radical (unpaired) electrons. The molecular formula is C12H8F2N2O3S. The van der Waals surface area contributed by atoms with Gasteiger partial charge in [0.1, 0.15) is 11.6 Å². The highest BCUT2D eigenvalue weighted by molar-refractivity contribution is 7.99. The average Bonchev–Trinajstić information content (AvgIpc) is 2.37. The van der Waals surface area contributed by atoms with Crippen LogP contribution in [0, 0.1) is 11.6 Å². The fourth-order valence-corrected chi connectivity index (χ4v) is 2.18. The lowest BCUT2D eigenvalue weighted by molar-refractivity contribution is -0.133. The summed E-state index contributed by atoms with van der Waals surface area (Å²) in [5.74, 6) is -3.01. The van der Waals surface area contributed by atoms with Gasteiger partial charge in [-0.3, -0.25) is 14.2 Å². The number of hydrogen-bond donors (Lipinski definition) is 1. The topological polar surface area (TPSA) is 72.2 Å². The van der Waals surface area contributed by atoms with Crippen LogP contribution in [-0.4, -0.2) is 26.4 Å². The van der Waals surface area contributed by atoms with E-state index in [0.717, 1.165) is 23.9 Å². The molecule has 1 aromatic heterocycles. The molecule has 0 aliphatic heterocycles. The number of aromatic nitrogens is 2. The SMILES string of the molecule is O=C(O)CSc1nc(=O)ccn1-c1ccc(F)cc1F. The van der Waals surface area contributed by atoms with Crippen LogP contribution in [0.5, 0.6) is 0 Å². The second-order valence-electron chi connectivity index (χ2n) is 3.70. The maximum atomic E-state index is 13.7. The summed E-state index contributed by atoms with van der Waals surface area (Å²) >= 11 is 0.769. The van der Waals surface area contributed by atoms with E-state index in [-0.39, 0.29) is 16.6 Å². The number of nitrogens with zero attached hydrogens (tertiary/aromatic N) is 2. The van der Waals surface area contributed by atoms with Crippen LogP contribution in [0.15, 0.2) is 40.4 Å². The molecule has 0 bridgehead atoms. The third-order valence-corrected chi connectivity index (χ3v) is 3.21. The molecule has 0 unspecified atom stereocenters. The first-order chi connectivity index (χ1) is 9.47. The van der Waals surface area contributed by atoms with Gasteiger partial charge in [-0.15, -0.1) is 0 Å². The summed E-state index contributed by atoms with van der Waals surface area (Å²) in [5, 5.41) is 8.66. The molecule has 0 aliphatic carbocycles. The van der Waals surface area contributed by atoms with E-state index in [1.165, 1.54) is 16.8 Å². The van der Waals surface area contributed by atoms with Crippen molar-refractivity contribution in [3.8, 4) is 5.69 Å². The number of aliphatic carboxylic acids is 1. The number of rotatable bonds is 4. The van der Waals surface area contributed by atoms with Crippen molar-refractivity contribution in [3.63, 3.8) is 0 Å². The highest BCUT2D eigenvalue weighted by Crippen LogP contribution is 2.21. The molecule has 0 atom stereocenters. The second kappa shape index (κ2) is 5.83. The summed E-state index contributed by atoms with van der Waals surface area (Å²) in [6, 6.07) is 4.04. The van der Waals surface area contributed by atoms with Gasteiger partial charge < -0.3 is 5.11 Å². The van der Waals surface area contributed by atoms with Crippen molar-refractivity contribution in [1.82, 2.24) is 9.55 Å². The summed E-state index contributed by atoms with van der Waals surface area (Å²) in [4.78, 5) is 25.4. The van der Waals surface area contributed by atoms with Gasteiger partial charge in [0.05, 0.1) is 11.4 Å². The first kappa shape index (κ1) is 14.2. The lowest BCUT2D eigenvalue weighted by atomic mass is 10.3. The maximum absolute atomic E-state index is 13.7. The Kier molecular flexibility index (Phi) is 4.14. The van der Waals surface area contributed by atoms with Crippen LogP contribution in [0.1, 0.15) is 0 Å². The Morgan fingerprint density at radius 2 is 2.10 bits per heavy atom. The molecule has 1 aromatic carbocycles. The van der Waals surface area contributed by atoms with Gasteiger partial charge in [0.2, 0.25) is 0 Å². The fraction of sp³-hybridized carbons (Fsp3) is 0.0833. The Balaban J connectivity index is 2.49. The van der Waals surface area contributed by atoms with Gasteiger partial charge in [0, 0.05) is 18.3 Å². The van der Waals surface area contributed by atoms with Crippen molar-refractivity contribution in [2.45, 2.75) is 5.16 Å². The lowest BCUT2D eigenvalue weighted by Gasteiger charge is -2.11. The van der Waals surface area contributed by atoms with Crippen molar-refractivity contribution in [2.24, 2.45) is 0 Å². The van der Waals surface area contributed by atoms with Gasteiger partial charge in [-0.05, 0) is 12.1 Å². The molecule has 2 aromatic rings. The van der Waals surface area contributed by atoms with Crippen LogP contribution in [0.2, 0.25) is 0 Å². The second-order valence-corrected chi connectivity index (χ2v) is 4.64. The molecule has 0 saturated heterocycles. The summed E-state index contributed by atoms with van der Waals surface area (Å²) in [6.45, 7) is 0. The number of carboxylic acids is 1. The lowest BCUT2D eigenvalue weighted by Crippen LogP contribution is -2.14. The fourth-order valence-electron chi connectivity index (χ4n) is 1.48. The Labute approximate surface area is 115 Å². The van der Waals surface area contributed by atoms with Crippen LogP contribution in [0.3, 0.4) is 0 Å². The van der Waals surface area contributed by atoms with E-state index in [4.69, 9.17) is 5.11 Å². The van der Waals surface area contributed by atoms with Crippen molar-refractivity contribution < 1.29 is 18.7 Å². The Morgan fingerprint density at radius 1 is 1.35 bits per heavy atom. The minimum absolute atomic E-state index is 0.0189. The minimum Gasteiger partial charge on any atom is -0.481 e. The van der Waals surface area contributed by atoms with Gasteiger partial charge in [0.25, 0.3) is 5.56 Å². The quantitative estimate of drug-likeness (QED) is 0.687. The highest BCUT2D eigenvalue weighted by atomic mass is 32.2. The Bertz CT molecular complexity index is 718. The van der Waals surface area contributed by atoms with Gasteiger partial charge in [-0.2, -0.15) is 4.98 Å². The molecule has 0 saturated carbocycles. The Morgan fingerprint density at radius 3 is 2.75 bits per heavy atom. The molecule has 0 spiro atoms. The molecule has 2 rings (SSSR count). The molecule has 0 fully saturated rings. The van der Waals surface area contributed by atoms with E-state index in [1.807, 2.05) is 0 Å². The summed E-state index contributed by atoms with van der Waals surface area (Å²) < 4.78 is 27.8. The maximum Gasteiger partial charge on any atom is 0.313 e. The molecule has 104 valence electrons. The van der Waals surface area contributed by atoms with Gasteiger partial charge in [-0.25, -0.2) is 8.78 Å². The number of halogens is 2. The smallest absolute Gasteiger partial charge is 0.313 e. The van der Waals surface area contributed by atoms with E-state index >= 15 is 0 Å². The van der Waals surface area contributed by atoms with E-state index in [0.29, 0.717) is 6.07 Å². The molecule has 1 N–H and O–H groups in total. The molecule has 1 heterocycles. The molecule has 8 heteroatoms. The highest BCUT2D eigenvalue weighted by Gasteiger charge is 2.12. The van der Waals surface area contributed by atoms with Crippen LogP contribution >= 0.6 is 11.8 Å². The van der Waals surface area contributed by atoms with Crippen molar-refractivity contribution in [3.05, 3.63) is 52.5 Å². The van der Waals surface area contributed by atoms with E-state index in [1.54, 1.807) is 0 Å².